The maximum Gasteiger partial charge on any atom is 0.336 e. The molecule has 0 unspecified atom stereocenters. The first kappa shape index (κ1) is 21.6. The highest BCUT2D eigenvalue weighted by Crippen LogP contribution is 2.24. The number of hydrogen-bond donors (Lipinski definition) is 1. The zero-order valence-electron chi connectivity index (χ0n) is 17.5. The van der Waals surface area contributed by atoms with Gasteiger partial charge in [0.25, 0.3) is 0 Å². The Morgan fingerprint density at radius 2 is 1.61 bits per heavy atom. The van der Waals surface area contributed by atoms with Crippen molar-refractivity contribution in [1.82, 2.24) is 14.8 Å². The summed E-state index contributed by atoms with van der Waals surface area (Å²) in [5, 5.41) is 9.32. The van der Waals surface area contributed by atoms with Crippen LogP contribution in [0.2, 0.25) is 0 Å². The third-order valence-corrected chi connectivity index (χ3v) is 6.63. The number of carbonyl (C=O) groups is 1. The van der Waals surface area contributed by atoms with Crippen molar-refractivity contribution in [3.63, 3.8) is 0 Å². The molecule has 4 rings (SSSR count). The van der Waals surface area contributed by atoms with Crippen molar-refractivity contribution in [2.45, 2.75) is 11.4 Å². The smallest absolute Gasteiger partial charge is 0.336 e. The summed E-state index contributed by atoms with van der Waals surface area (Å²) in [7, 11) is 0. The molecule has 0 saturated carbocycles. The van der Waals surface area contributed by atoms with E-state index < -0.39 is 5.97 Å². The van der Waals surface area contributed by atoms with Gasteiger partial charge in [0.1, 0.15) is 0 Å². The number of aromatic nitrogens is 1. The van der Waals surface area contributed by atoms with Crippen LogP contribution in [0.25, 0.3) is 11.3 Å². The predicted molar refractivity (Wildman–Crippen MR) is 126 cm³/mol. The number of nitrogens with zero attached hydrogens (tertiary/aromatic N) is 3. The Hall–Kier alpha value is -2.67. The molecule has 0 spiro atoms. The van der Waals surface area contributed by atoms with Crippen molar-refractivity contribution in [3.8, 4) is 11.3 Å². The summed E-state index contributed by atoms with van der Waals surface area (Å²) < 4.78 is 0. The van der Waals surface area contributed by atoms with Crippen molar-refractivity contribution in [3.05, 3.63) is 84.1 Å². The van der Waals surface area contributed by atoms with Gasteiger partial charge in [-0.3, -0.25) is 14.8 Å². The van der Waals surface area contributed by atoms with Crippen molar-refractivity contribution in [2.24, 2.45) is 0 Å². The summed E-state index contributed by atoms with van der Waals surface area (Å²) >= 11 is 1.63. The van der Waals surface area contributed by atoms with Crippen molar-refractivity contribution in [1.29, 1.82) is 0 Å². The van der Waals surface area contributed by atoms with Crippen molar-refractivity contribution in [2.75, 3.05) is 38.5 Å². The second kappa shape index (κ2) is 10.6. The summed E-state index contributed by atoms with van der Waals surface area (Å²) in [4.78, 5) is 21.8. The van der Waals surface area contributed by atoms with E-state index in [-0.39, 0.29) is 0 Å². The molecule has 160 valence electrons. The summed E-state index contributed by atoms with van der Waals surface area (Å²) in [6.45, 7) is 5.99. The first-order chi connectivity index (χ1) is 15.2. The third-order valence-electron chi connectivity index (χ3n) is 5.58. The van der Waals surface area contributed by atoms with Crippen LogP contribution in [-0.4, -0.2) is 64.3 Å². The van der Waals surface area contributed by atoms with E-state index in [4.69, 9.17) is 0 Å². The van der Waals surface area contributed by atoms with Gasteiger partial charge in [0, 0.05) is 61.7 Å². The van der Waals surface area contributed by atoms with E-state index in [9.17, 15) is 9.90 Å². The minimum Gasteiger partial charge on any atom is -0.478 e. The lowest BCUT2D eigenvalue weighted by atomic mass is 10.1. The van der Waals surface area contributed by atoms with Crippen molar-refractivity contribution >= 4 is 17.7 Å². The molecule has 0 amide bonds. The van der Waals surface area contributed by atoms with Gasteiger partial charge in [0.2, 0.25) is 0 Å². The zero-order chi connectivity index (χ0) is 21.5. The first-order valence-corrected chi connectivity index (χ1v) is 11.6. The van der Waals surface area contributed by atoms with E-state index in [1.54, 1.807) is 23.9 Å². The maximum absolute atomic E-state index is 11.4. The molecule has 1 saturated heterocycles. The summed E-state index contributed by atoms with van der Waals surface area (Å²) in [5.41, 5.74) is 3.89. The first-order valence-electron chi connectivity index (χ1n) is 10.6. The van der Waals surface area contributed by atoms with Gasteiger partial charge in [0.15, 0.2) is 0 Å². The van der Waals surface area contributed by atoms with Gasteiger partial charge in [-0.1, -0.05) is 48.5 Å². The predicted octanol–water partition coefficient (Wildman–Crippen LogP) is 4.36. The number of piperazine rings is 1. The molecule has 1 fully saturated rings. The van der Waals surface area contributed by atoms with Crippen LogP contribution in [0, 0.1) is 0 Å². The number of carboxylic acid groups (broad SMARTS) is 1. The quantitative estimate of drug-likeness (QED) is 0.533. The van der Waals surface area contributed by atoms with Crippen LogP contribution < -0.4 is 0 Å². The van der Waals surface area contributed by atoms with Crippen molar-refractivity contribution < 1.29 is 9.90 Å². The Balaban J connectivity index is 1.27. The normalized spacial score (nSPS) is 15.1. The Bertz CT molecular complexity index is 1000. The van der Waals surface area contributed by atoms with Gasteiger partial charge < -0.3 is 5.11 Å². The molecule has 31 heavy (non-hydrogen) atoms. The van der Waals surface area contributed by atoms with E-state index >= 15 is 0 Å². The lowest BCUT2D eigenvalue weighted by Gasteiger charge is -2.34. The van der Waals surface area contributed by atoms with Crippen LogP contribution in [-0.2, 0) is 6.54 Å². The van der Waals surface area contributed by atoms with Gasteiger partial charge in [-0.15, -0.1) is 11.8 Å². The molecule has 1 aliphatic heterocycles. The Morgan fingerprint density at radius 3 is 2.39 bits per heavy atom. The van der Waals surface area contributed by atoms with E-state index in [0.29, 0.717) is 5.56 Å². The fourth-order valence-corrected chi connectivity index (χ4v) is 4.94. The van der Waals surface area contributed by atoms with E-state index in [1.807, 2.05) is 30.5 Å². The fourth-order valence-electron chi connectivity index (χ4n) is 3.89. The highest BCUT2D eigenvalue weighted by molar-refractivity contribution is 7.99. The van der Waals surface area contributed by atoms with Gasteiger partial charge in [-0.05, 0) is 23.8 Å². The number of hydrogen-bond acceptors (Lipinski definition) is 5. The maximum atomic E-state index is 11.4. The molecule has 2 aromatic carbocycles. The Morgan fingerprint density at radius 1 is 0.903 bits per heavy atom. The molecule has 1 N–H and O–H groups in total. The van der Waals surface area contributed by atoms with Gasteiger partial charge in [-0.2, -0.15) is 0 Å². The van der Waals surface area contributed by atoms with E-state index in [0.717, 1.165) is 61.2 Å². The van der Waals surface area contributed by atoms with E-state index in [2.05, 4.69) is 45.1 Å². The number of rotatable bonds is 8. The van der Waals surface area contributed by atoms with Crippen LogP contribution in [0.4, 0.5) is 0 Å². The molecule has 5 nitrogen and oxygen atoms in total. The summed E-state index contributed by atoms with van der Waals surface area (Å²) in [5.74, 6) is 0.0346. The van der Waals surface area contributed by atoms with Crippen LogP contribution in [0.3, 0.4) is 0 Å². The molecule has 0 aliphatic carbocycles. The lowest BCUT2D eigenvalue weighted by molar-refractivity contribution is 0.0693. The molecule has 0 bridgehead atoms. The van der Waals surface area contributed by atoms with Crippen LogP contribution in [0.15, 0.2) is 77.8 Å². The molecule has 6 heteroatoms. The highest BCUT2D eigenvalue weighted by atomic mass is 32.2. The van der Waals surface area contributed by atoms with Crippen LogP contribution in [0.1, 0.15) is 15.9 Å². The Kier molecular flexibility index (Phi) is 7.35. The van der Waals surface area contributed by atoms with E-state index in [1.165, 1.54) is 5.56 Å². The summed E-state index contributed by atoms with van der Waals surface area (Å²) in [6, 6.07) is 21.8. The number of benzene rings is 2. The zero-order valence-corrected chi connectivity index (χ0v) is 18.3. The fraction of sp³-hybridized carbons (Fsp3) is 0.280. The number of thioether (sulfide) groups is 1. The standard InChI is InChI=1S/C25H27N3O2S/c29-25(30)22-10-4-5-11-23(22)31-18-17-27-13-15-28(16-14-27)19-21-9-6-12-26-24(21)20-7-2-1-3-8-20/h1-12H,13-19H2,(H,29,30). The second-order valence-electron chi connectivity index (χ2n) is 7.64. The number of aromatic carboxylic acids is 1. The molecule has 1 aliphatic rings. The third kappa shape index (κ3) is 5.73. The van der Waals surface area contributed by atoms with Gasteiger partial charge in [-0.25, -0.2) is 4.79 Å². The minimum atomic E-state index is -0.859. The van der Waals surface area contributed by atoms with Gasteiger partial charge in [0.05, 0.1) is 11.3 Å². The molecule has 3 aromatic rings. The topological polar surface area (TPSA) is 56.7 Å². The minimum absolute atomic E-state index is 0.392. The molecular formula is C25H27N3O2S. The van der Waals surface area contributed by atoms with Crippen LogP contribution >= 0.6 is 11.8 Å². The second-order valence-corrected chi connectivity index (χ2v) is 8.78. The molecule has 0 radical (unpaired) electrons. The largest absolute Gasteiger partial charge is 0.478 e. The number of pyridine rings is 1. The average Bonchev–Trinajstić information content (AvgIpc) is 2.81. The number of carboxylic acids is 1. The molecule has 2 heterocycles. The lowest BCUT2D eigenvalue weighted by Crippen LogP contribution is -2.46. The Labute approximate surface area is 187 Å². The average molecular weight is 434 g/mol. The molecular weight excluding hydrogens is 406 g/mol. The molecule has 1 aromatic heterocycles. The highest BCUT2D eigenvalue weighted by Gasteiger charge is 2.19. The monoisotopic (exact) mass is 433 g/mol. The van der Waals surface area contributed by atoms with Gasteiger partial charge >= 0.3 is 5.97 Å². The van der Waals surface area contributed by atoms with Crippen LogP contribution in [0.5, 0.6) is 0 Å². The molecule has 0 atom stereocenters. The summed E-state index contributed by atoms with van der Waals surface area (Å²) in [6.07, 6.45) is 1.87. The SMILES string of the molecule is O=C(O)c1ccccc1SCCN1CCN(Cc2cccnc2-c2ccccc2)CC1.